The van der Waals surface area contributed by atoms with Gasteiger partial charge in [0.25, 0.3) is 0 Å². The molecule has 0 saturated heterocycles. The third kappa shape index (κ3) is 3.40. The molecule has 0 aliphatic rings. The zero-order chi connectivity index (χ0) is 11.3. The predicted octanol–water partition coefficient (Wildman–Crippen LogP) is 0.649. The van der Waals surface area contributed by atoms with E-state index in [0.29, 0.717) is 5.56 Å². The summed E-state index contributed by atoms with van der Waals surface area (Å²) in [5.74, 6) is -1.52. The van der Waals surface area contributed by atoms with E-state index in [1.807, 2.05) is 0 Å². The summed E-state index contributed by atoms with van der Waals surface area (Å²) in [6, 6.07) is 7.36. The molecule has 0 bridgehead atoms. The van der Waals surface area contributed by atoms with Crippen LogP contribution in [0.3, 0.4) is 0 Å². The van der Waals surface area contributed by atoms with Gasteiger partial charge in [-0.05, 0) is 19.1 Å². The summed E-state index contributed by atoms with van der Waals surface area (Å²) in [6.07, 6.45) is 0. The van der Waals surface area contributed by atoms with Crippen molar-refractivity contribution in [3.8, 4) is 0 Å². The molecule has 1 atom stereocenters. The highest BCUT2D eigenvalue weighted by Gasteiger charge is 2.14. The molecule has 0 amide bonds. The first kappa shape index (κ1) is 11.2. The van der Waals surface area contributed by atoms with E-state index in [0.717, 1.165) is 0 Å². The average Bonchev–Trinajstić information content (AvgIpc) is 2.26. The lowest BCUT2D eigenvalue weighted by molar-refractivity contribution is -0.234. The largest absolute Gasteiger partial charge is 0.386 e. The number of carbonyl (C=O) groups excluding carboxylic acids is 2. The van der Waals surface area contributed by atoms with Crippen LogP contribution >= 0.6 is 0 Å². The number of hydrogen-bond acceptors (Lipinski definition) is 5. The highest BCUT2D eigenvalue weighted by molar-refractivity contribution is 5.89. The minimum atomic E-state index is -0.825. The maximum Gasteiger partial charge on any atom is 0.386 e. The van der Waals surface area contributed by atoms with Gasteiger partial charge >= 0.3 is 11.9 Å². The third-order valence-electron chi connectivity index (χ3n) is 1.58. The van der Waals surface area contributed by atoms with Gasteiger partial charge < -0.3 is 5.73 Å². The van der Waals surface area contributed by atoms with Crippen LogP contribution < -0.4 is 5.73 Å². The zero-order valence-corrected chi connectivity index (χ0v) is 8.17. The van der Waals surface area contributed by atoms with Crippen molar-refractivity contribution in [2.24, 2.45) is 5.73 Å². The second-order valence-electron chi connectivity index (χ2n) is 2.93. The fraction of sp³-hybridized carbons (Fsp3) is 0.200. The molecule has 0 aliphatic heterocycles. The molecule has 5 nitrogen and oxygen atoms in total. The van der Waals surface area contributed by atoms with Gasteiger partial charge in [-0.3, -0.25) is 0 Å². The molecule has 1 rings (SSSR count). The van der Waals surface area contributed by atoms with Crippen molar-refractivity contribution < 1.29 is 19.4 Å². The predicted molar refractivity (Wildman–Crippen MR) is 51.6 cm³/mol. The molecule has 15 heavy (non-hydrogen) atoms. The van der Waals surface area contributed by atoms with E-state index < -0.39 is 18.0 Å². The molecule has 80 valence electrons. The maximum atomic E-state index is 11.2. The number of hydrogen-bond donors (Lipinski definition) is 1. The molecular formula is C10H11NO4. The van der Waals surface area contributed by atoms with E-state index in [2.05, 4.69) is 9.78 Å². The molecule has 5 heteroatoms. The van der Waals surface area contributed by atoms with Crippen LogP contribution in [-0.4, -0.2) is 18.0 Å². The second kappa shape index (κ2) is 5.11. The van der Waals surface area contributed by atoms with Crippen LogP contribution in [0.15, 0.2) is 30.3 Å². The van der Waals surface area contributed by atoms with E-state index in [1.165, 1.54) is 6.92 Å². The first-order valence-corrected chi connectivity index (χ1v) is 4.34. The number of carbonyl (C=O) groups is 2. The van der Waals surface area contributed by atoms with Gasteiger partial charge in [-0.2, -0.15) is 0 Å². The summed E-state index contributed by atoms with van der Waals surface area (Å²) in [4.78, 5) is 30.6. The van der Waals surface area contributed by atoms with Crippen molar-refractivity contribution in [1.29, 1.82) is 0 Å². The molecular weight excluding hydrogens is 198 g/mol. The van der Waals surface area contributed by atoms with Crippen LogP contribution in [0.2, 0.25) is 0 Å². The minimum Gasteiger partial charge on any atom is -0.319 e. The van der Waals surface area contributed by atoms with Crippen LogP contribution in [-0.2, 0) is 14.6 Å². The first-order valence-electron chi connectivity index (χ1n) is 4.34. The summed E-state index contributed by atoms with van der Waals surface area (Å²) in [7, 11) is 0. The Morgan fingerprint density at radius 2 is 1.80 bits per heavy atom. The summed E-state index contributed by atoms with van der Waals surface area (Å²) in [6.45, 7) is 1.43. The Kier molecular flexibility index (Phi) is 3.82. The van der Waals surface area contributed by atoms with Crippen LogP contribution in [0.25, 0.3) is 0 Å². The molecule has 0 saturated carbocycles. The molecule has 0 fully saturated rings. The number of benzene rings is 1. The normalized spacial score (nSPS) is 11.6. The first-order chi connectivity index (χ1) is 7.11. The van der Waals surface area contributed by atoms with Crippen molar-refractivity contribution in [3.63, 3.8) is 0 Å². The fourth-order valence-electron chi connectivity index (χ4n) is 0.777. The number of rotatable bonds is 2. The topological polar surface area (TPSA) is 78.6 Å². The maximum absolute atomic E-state index is 11.2. The van der Waals surface area contributed by atoms with E-state index in [9.17, 15) is 9.59 Å². The molecule has 1 aromatic carbocycles. The van der Waals surface area contributed by atoms with Gasteiger partial charge in [0.15, 0.2) is 0 Å². The second-order valence-corrected chi connectivity index (χ2v) is 2.93. The Balaban J connectivity index is 2.48. The van der Waals surface area contributed by atoms with Crippen molar-refractivity contribution in [2.45, 2.75) is 13.0 Å². The van der Waals surface area contributed by atoms with Gasteiger partial charge in [-0.1, -0.05) is 18.2 Å². The Morgan fingerprint density at radius 1 is 1.20 bits per heavy atom. The average molecular weight is 209 g/mol. The molecule has 2 N–H and O–H groups in total. The lowest BCUT2D eigenvalue weighted by Gasteiger charge is -2.04. The lowest BCUT2D eigenvalue weighted by atomic mass is 10.2. The quantitative estimate of drug-likeness (QED) is 0.571. The van der Waals surface area contributed by atoms with E-state index >= 15 is 0 Å². The molecule has 1 unspecified atom stereocenters. The van der Waals surface area contributed by atoms with Gasteiger partial charge in [-0.25, -0.2) is 19.4 Å². The molecule has 0 aliphatic carbocycles. The van der Waals surface area contributed by atoms with E-state index in [1.54, 1.807) is 30.3 Å². The van der Waals surface area contributed by atoms with Gasteiger partial charge in [0, 0.05) is 0 Å². The van der Waals surface area contributed by atoms with Crippen molar-refractivity contribution in [2.75, 3.05) is 0 Å². The zero-order valence-electron chi connectivity index (χ0n) is 8.17. The smallest absolute Gasteiger partial charge is 0.319 e. The number of nitrogens with two attached hydrogens (primary N) is 1. The Hall–Kier alpha value is -1.88. The molecule has 0 spiro atoms. The highest BCUT2D eigenvalue weighted by Crippen LogP contribution is 2.01. The summed E-state index contributed by atoms with van der Waals surface area (Å²) in [5.41, 5.74) is 5.50. The van der Waals surface area contributed by atoms with Crippen LogP contribution in [0.4, 0.5) is 0 Å². The Morgan fingerprint density at radius 3 is 2.33 bits per heavy atom. The molecule has 0 heterocycles. The van der Waals surface area contributed by atoms with Gasteiger partial charge in [-0.15, -0.1) is 0 Å². The third-order valence-corrected chi connectivity index (χ3v) is 1.58. The Labute approximate surface area is 86.7 Å². The van der Waals surface area contributed by atoms with Crippen LogP contribution in [0.5, 0.6) is 0 Å². The summed E-state index contributed by atoms with van der Waals surface area (Å²) in [5, 5.41) is 0. The van der Waals surface area contributed by atoms with E-state index in [4.69, 9.17) is 5.73 Å². The lowest BCUT2D eigenvalue weighted by Crippen LogP contribution is -2.29. The molecule has 0 aromatic heterocycles. The van der Waals surface area contributed by atoms with E-state index in [-0.39, 0.29) is 0 Å². The molecule has 0 radical (unpaired) electrons. The van der Waals surface area contributed by atoms with Gasteiger partial charge in [0.05, 0.1) is 5.56 Å². The molecule has 1 aromatic rings. The minimum absolute atomic E-state index is 0.301. The highest BCUT2D eigenvalue weighted by atomic mass is 17.2. The summed E-state index contributed by atoms with van der Waals surface area (Å²) < 4.78 is 0. The van der Waals surface area contributed by atoms with Crippen molar-refractivity contribution in [1.82, 2.24) is 0 Å². The fourth-order valence-corrected chi connectivity index (χ4v) is 0.777. The Bertz CT molecular complexity index is 348. The van der Waals surface area contributed by atoms with Crippen LogP contribution in [0, 0.1) is 0 Å². The SMILES string of the molecule is CC(N)C(=O)OOC(=O)c1ccccc1. The standard InChI is InChI=1S/C10H11NO4/c1-7(11)9(12)14-15-10(13)8-5-3-2-4-6-8/h2-7H,11H2,1H3. The van der Waals surface area contributed by atoms with Crippen molar-refractivity contribution >= 4 is 11.9 Å². The van der Waals surface area contributed by atoms with Crippen LogP contribution in [0.1, 0.15) is 17.3 Å². The monoisotopic (exact) mass is 209 g/mol. The van der Waals surface area contributed by atoms with Crippen molar-refractivity contribution in [3.05, 3.63) is 35.9 Å². The summed E-state index contributed by atoms with van der Waals surface area (Å²) >= 11 is 0. The van der Waals surface area contributed by atoms with Gasteiger partial charge in [0.1, 0.15) is 6.04 Å². The van der Waals surface area contributed by atoms with Gasteiger partial charge in [0.2, 0.25) is 0 Å².